The van der Waals surface area contributed by atoms with Gasteiger partial charge in [0, 0.05) is 42.3 Å². The molecule has 0 unspecified atom stereocenters. The second-order valence-corrected chi connectivity index (χ2v) is 7.07. The minimum atomic E-state index is -0.482. The maximum Gasteiger partial charge on any atom is 0.340 e. The highest BCUT2D eigenvalue weighted by Crippen LogP contribution is 2.30. The van der Waals surface area contributed by atoms with Crippen molar-refractivity contribution in [1.29, 1.82) is 0 Å². The van der Waals surface area contributed by atoms with Crippen LogP contribution in [0.4, 0.5) is 0 Å². The van der Waals surface area contributed by atoms with E-state index < -0.39 is 5.63 Å². The van der Waals surface area contributed by atoms with Gasteiger partial charge in [-0.1, -0.05) is 0 Å². The number of carbonyl (C=O) groups is 1. The molecule has 144 valence electrons. The fraction of sp³-hybridized carbons (Fsp3) is 0.273. The predicted octanol–water partition coefficient (Wildman–Crippen LogP) is 3.62. The largest absolute Gasteiger partial charge is 0.461 e. The third-order valence-corrected chi connectivity index (χ3v) is 5.28. The third-order valence-electron chi connectivity index (χ3n) is 5.28. The van der Waals surface area contributed by atoms with Gasteiger partial charge in [0.05, 0.1) is 12.0 Å². The van der Waals surface area contributed by atoms with E-state index in [0.717, 1.165) is 27.7 Å². The quantitative estimate of drug-likeness (QED) is 0.538. The normalized spacial score (nSPS) is 11.4. The topological polar surface area (TPSA) is 77.4 Å². The lowest BCUT2D eigenvalue weighted by molar-refractivity contribution is -0.120. The van der Waals surface area contributed by atoms with Crippen LogP contribution < -0.4 is 10.9 Å². The number of nitrogens with zero attached hydrogens (tertiary/aromatic N) is 1. The molecule has 1 amide bonds. The summed E-state index contributed by atoms with van der Waals surface area (Å²) in [6.07, 6.45) is 3.88. The van der Waals surface area contributed by atoms with Crippen molar-refractivity contribution in [3.05, 3.63) is 69.5 Å². The Morgan fingerprint density at radius 2 is 1.68 bits per heavy atom. The number of hydrogen-bond acceptors (Lipinski definition) is 4. The highest BCUT2D eigenvalue weighted by Gasteiger charge is 2.17. The smallest absolute Gasteiger partial charge is 0.340 e. The Kier molecular flexibility index (Phi) is 4.55. The van der Waals surface area contributed by atoms with Gasteiger partial charge in [-0.05, 0) is 50.1 Å². The highest BCUT2D eigenvalue weighted by atomic mass is 16.4. The van der Waals surface area contributed by atoms with Crippen molar-refractivity contribution in [3.63, 3.8) is 0 Å². The Labute approximate surface area is 161 Å². The monoisotopic (exact) mass is 378 g/mol. The minimum Gasteiger partial charge on any atom is -0.461 e. The molecule has 3 aromatic heterocycles. The second kappa shape index (κ2) is 7.03. The number of aromatic nitrogens is 1. The third kappa shape index (κ3) is 3.22. The van der Waals surface area contributed by atoms with Gasteiger partial charge in [0.1, 0.15) is 16.9 Å². The van der Waals surface area contributed by atoms with Crippen LogP contribution in [0.5, 0.6) is 0 Å². The molecule has 4 aromatic rings. The number of carbonyl (C=O) groups excluding carboxylic acids is 1. The molecular weight excluding hydrogens is 356 g/mol. The van der Waals surface area contributed by atoms with Crippen LogP contribution in [0.15, 0.2) is 50.3 Å². The maximum absolute atomic E-state index is 12.5. The summed E-state index contributed by atoms with van der Waals surface area (Å²) < 4.78 is 13.2. The molecule has 28 heavy (non-hydrogen) atoms. The number of nitrogens with one attached hydrogen (secondary N) is 1. The molecule has 0 aliphatic heterocycles. The standard InChI is InChI=1S/C22H22N2O4/c1-13-15(3)27-19-12-20-17(10-16(13)19)14(2)18(22(26)28-20)11-21(25)23-6-9-24-7-4-5-8-24/h4-5,7-8,10,12H,6,9,11H2,1-3H3,(H,23,25). The summed E-state index contributed by atoms with van der Waals surface area (Å²) in [6, 6.07) is 7.60. The predicted molar refractivity (Wildman–Crippen MR) is 108 cm³/mol. The zero-order valence-electron chi connectivity index (χ0n) is 16.2. The van der Waals surface area contributed by atoms with Gasteiger partial charge in [0.2, 0.25) is 5.91 Å². The molecule has 0 spiro atoms. The number of rotatable bonds is 5. The van der Waals surface area contributed by atoms with E-state index >= 15 is 0 Å². The molecule has 0 aliphatic rings. The molecule has 4 rings (SSSR count). The van der Waals surface area contributed by atoms with Crippen LogP contribution in [0.25, 0.3) is 21.9 Å². The molecule has 0 radical (unpaired) electrons. The van der Waals surface area contributed by atoms with Crippen LogP contribution in [-0.2, 0) is 17.8 Å². The Hall–Kier alpha value is -3.28. The first-order chi connectivity index (χ1) is 13.4. The van der Waals surface area contributed by atoms with E-state index in [4.69, 9.17) is 8.83 Å². The second-order valence-electron chi connectivity index (χ2n) is 7.07. The zero-order chi connectivity index (χ0) is 19.8. The van der Waals surface area contributed by atoms with Gasteiger partial charge in [-0.15, -0.1) is 0 Å². The summed E-state index contributed by atoms with van der Waals surface area (Å²) in [5.74, 6) is 0.644. The summed E-state index contributed by atoms with van der Waals surface area (Å²) in [4.78, 5) is 24.8. The molecule has 0 bridgehead atoms. The number of amides is 1. The van der Waals surface area contributed by atoms with E-state index in [1.54, 1.807) is 6.07 Å². The van der Waals surface area contributed by atoms with Gasteiger partial charge in [0.25, 0.3) is 0 Å². The molecule has 1 N–H and O–H groups in total. The van der Waals surface area contributed by atoms with Crippen molar-refractivity contribution < 1.29 is 13.6 Å². The summed E-state index contributed by atoms with van der Waals surface area (Å²) in [5.41, 5.74) is 2.91. The van der Waals surface area contributed by atoms with Crippen LogP contribution >= 0.6 is 0 Å². The number of furan rings is 1. The van der Waals surface area contributed by atoms with Crippen LogP contribution in [-0.4, -0.2) is 17.0 Å². The maximum atomic E-state index is 12.5. The van der Waals surface area contributed by atoms with E-state index in [0.29, 0.717) is 29.8 Å². The lowest BCUT2D eigenvalue weighted by Gasteiger charge is -2.09. The summed E-state index contributed by atoms with van der Waals surface area (Å²) in [5, 5.41) is 4.67. The molecular formula is C22H22N2O4. The number of hydrogen-bond donors (Lipinski definition) is 1. The molecule has 6 nitrogen and oxygen atoms in total. The molecule has 0 atom stereocenters. The first-order valence-electron chi connectivity index (χ1n) is 9.27. The fourth-order valence-corrected chi connectivity index (χ4v) is 3.50. The van der Waals surface area contributed by atoms with E-state index in [9.17, 15) is 9.59 Å². The lowest BCUT2D eigenvalue weighted by atomic mass is 10.0. The first-order valence-corrected chi connectivity index (χ1v) is 9.27. The summed E-state index contributed by atoms with van der Waals surface area (Å²) in [7, 11) is 0. The number of fused-ring (bicyclic) bond motifs is 2. The Morgan fingerprint density at radius 3 is 2.43 bits per heavy atom. The van der Waals surface area contributed by atoms with Gasteiger partial charge < -0.3 is 18.7 Å². The molecule has 6 heteroatoms. The van der Waals surface area contributed by atoms with Crippen molar-refractivity contribution in [3.8, 4) is 0 Å². The average Bonchev–Trinajstić information content (AvgIpc) is 3.26. The van der Waals surface area contributed by atoms with Gasteiger partial charge in [0.15, 0.2) is 0 Å². The number of aryl methyl sites for hydroxylation is 3. The van der Waals surface area contributed by atoms with Gasteiger partial charge in [-0.3, -0.25) is 4.79 Å². The minimum absolute atomic E-state index is 0.00276. The van der Waals surface area contributed by atoms with E-state index in [-0.39, 0.29) is 12.3 Å². The van der Waals surface area contributed by atoms with Gasteiger partial charge in [-0.25, -0.2) is 4.79 Å². The van der Waals surface area contributed by atoms with Crippen LogP contribution in [0.2, 0.25) is 0 Å². The van der Waals surface area contributed by atoms with Crippen molar-refractivity contribution in [2.75, 3.05) is 6.54 Å². The summed E-state index contributed by atoms with van der Waals surface area (Å²) in [6.45, 7) is 6.95. The van der Waals surface area contributed by atoms with E-state index in [1.165, 1.54) is 0 Å². The molecule has 0 saturated heterocycles. The van der Waals surface area contributed by atoms with Crippen molar-refractivity contribution >= 4 is 27.8 Å². The molecule has 1 aromatic carbocycles. The van der Waals surface area contributed by atoms with Crippen LogP contribution in [0.3, 0.4) is 0 Å². The average molecular weight is 378 g/mol. The molecule has 0 saturated carbocycles. The molecule has 0 aliphatic carbocycles. The Balaban J connectivity index is 1.61. The van der Waals surface area contributed by atoms with Gasteiger partial charge >= 0.3 is 5.63 Å². The number of benzene rings is 1. The van der Waals surface area contributed by atoms with Crippen molar-refractivity contribution in [2.24, 2.45) is 0 Å². The van der Waals surface area contributed by atoms with Gasteiger partial charge in [-0.2, -0.15) is 0 Å². The molecule has 3 heterocycles. The lowest BCUT2D eigenvalue weighted by Crippen LogP contribution is -2.30. The highest BCUT2D eigenvalue weighted by molar-refractivity contribution is 5.97. The van der Waals surface area contributed by atoms with Crippen LogP contribution in [0, 0.1) is 20.8 Å². The van der Waals surface area contributed by atoms with E-state index in [2.05, 4.69) is 5.32 Å². The fourth-order valence-electron chi connectivity index (χ4n) is 3.50. The summed E-state index contributed by atoms with van der Waals surface area (Å²) >= 11 is 0. The Bertz CT molecular complexity index is 1230. The molecule has 0 fully saturated rings. The van der Waals surface area contributed by atoms with Crippen LogP contribution in [0.1, 0.15) is 22.5 Å². The Morgan fingerprint density at radius 1 is 1.00 bits per heavy atom. The first kappa shape index (κ1) is 18.1. The SMILES string of the molecule is Cc1oc2cc3oc(=O)c(CC(=O)NCCn4cccc4)c(C)c3cc2c1C. The van der Waals surface area contributed by atoms with E-state index in [1.807, 2.05) is 55.9 Å². The van der Waals surface area contributed by atoms with Crippen molar-refractivity contribution in [2.45, 2.75) is 33.7 Å². The van der Waals surface area contributed by atoms with Crippen molar-refractivity contribution in [1.82, 2.24) is 9.88 Å². The zero-order valence-corrected chi connectivity index (χ0v) is 16.2.